The van der Waals surface area contributed by atoms with Crippen molar-refractivity contribution in [2.45, 2.75) is 52.7 Å². The summed E-state index contributed by atoms with van der Waals surface area (Å²) in [6, 6.07) is 5.03. The van der Waals surface area contributed by atoms with E-state index in [1.165, 1.54) is 4.90 Å². The molecular weight excluding hydrogens is 416 g/mol. The molecule has 0 radical (unpaired) electrons. The van der Waals surface area contributed by atoms with Crippen LogP contribution >= 0.6 is 0 Å². The lowest BCUT2D eigenvalue weighted by atomic mass is 9.82. The maximum absolute atomic E-state index is 13.0. The fourth-order valence-corrected chi connectivity index (χ4v) is 4.34. The molecule has 3 atom stereocenters. The van der Waals surface area contributed by atoms with Gasteiger partial charge in [0.15, 0.2) is 0 Å². The number of anilines is 1. The molecule has 3 aliphatic heterocycles. The molecule has 9 nitrogen and oxygen atoms in total. The average Bonchev–Trinajstić information content (AvgIpc) is 3.23. The monoisotopic (exact) mass is 442 g/mol. The van der Waals surface area contributed by atoms with Crippen molar-refractivity contribution >= 4 is 35.0 Å². The predicted octanol–water partition coefficient (Wildman–Crippen LogP) is 1.59. The third kappa shape index (κ3) is 3.66. The van der Waals surface area contributed by atoms with Gasteiger partial charge in [0.05, 0.1) is 29.9 Å². The first-order valence-corrected chi connectivity index (χ1v) is 10.5. The molecule has 9 heteroatoms. The minimum absolute atomic E-state index is 0.0768. The van der Waals surface area contributed by atoms with Crippen LogP contribution in [0.1, 0.15) is 45.2 Å². The predicted molar refractivity (Wildman–Crippen MR) is 113 cm³/mol. The van der Waals surface area contributed by atoms with Crippen LogP contribution in [0.2, 0.25) is 0 Å². The van der Waals surface area contributed by atoms with Crippen LogP contribution in [0.4, 0.5) is 5.69 Å². The van der Waals surface area contributed by atoms with Gasteiger partial charge in [-0.1, -0.05) is 12.1 Å². The molecule has 2 N–H and O–H groups in total. The Balaban J connectivity index is 1.61. The number of nitrogens with zero attached hydrogens (tertiary/aromatic N) is 1. The summed E-state index contributed by atoms with van der Waals surface area (Å²) in [4.78, 5) is 50.7. The number of β-lactam (4-membered cyclic amide) rings is 1. The lowest BCUT2D eigenvalue weighted by Crippen LogP contribution is -2.61. The number of ether oxygens (including phenoxy) is 2. The lowest BCUT2D eigenvalue weighted by molar-refractivity contribution is -0.175. The standard InChI is InChI=1S/C23H26N2O7/c1-11(26)18-16-9-14(12-5-6-13-8-17(27)24-15(13)7-12)19(25(16)20(18)28)21(29)31-10-32-22(30)23(2,3)4/h5-7,11,16,18,26H,8-10H2,1-4H3,(H,24,27)/t11-,16-,18-/m1/s1. The van der Waals surface area contributed by atoms with Crippen LogP contribution < -0.4 is 5.32 Å². The van der Waals surface area contributed by atoms with Crippen LogP contribution in [0.5, 0.6) is 0 Å². The summed E-state index contributed by atoms with van der Waals surface area (Å²) in [5.41, 5.74) is 2.12. The lowest BCUT2D eigenvalue weighted by Gasteiger charge is -2.44. The summed E-state index contributed by atoms with van der Waals surface area (Å²) in [6.45, 7) is 6.02. The SMILES string of the molecule is C[C@@H](O)[C@H]1C(=O)N2C(C(=O)OCOC(=O)C(C)(C)C)=C(c3ccc4c(c3)NC(=O)C4)C[C@H]12. The van der Waals surface area contributed by atoms with Crippen molar-refractivity contribution in [3.8, 4) is 0 Å². The number of rotatable bonds is 5. The van der Waals surface area contributed by atoms with Crippen LogP contribution in [-0.2, 0) is 35.1 Å². The van der Waals surface area contributed by atoms with Gasteiger partial charge in [0, 0.05) is 5.69 Å². The molecule has 1 aromatic carbocycles. The molecule has 0 aliphatic carbocycles. The summed E-state index contributed by atoms with van der Waals surface area (Å²) in [6.07, 6.45) is -0.201. The zero-order valence-corrected chi connectivity index (χ0v) is 18.4. The fraction of sp³-hybridized carbons (Fsp3) is 0.478. The van der Waals surface area contributed by atoms with Crippen molar-refractivity contribution in [2.24, 2.45) is 11.3 Å². The zero-order valence-electron chi connectivity index (χ0n) is 18.4. The first-order chi connectivity index (χ1) is 15.0. The number of amides is 2. The van der Waals surface area contributed by atoms with Gasteiger partial charge in [-0.15, -0.1) is 0 Å². The van der Waals surface area contributed by atoms with Gasteiger partial charge in [0.2, 0.25) is 18.6 Å². The van der Waals surface area contributed by atoms with Crippen LogP contribution in [0.3, 0.4) is 0 Å². The highest BCUT2D eigenvalue weighted by Gasteiger charge is 2.57. The second-order valence-corrected chi connectivity index (χ2v) is 9.40. The second-order valence-electron chi connectivity index (χ2n) is 9.40. The van der Waals surface area contributed by atoms with Gasteiger partial charge in [0.1, 0.15) is 5.70 Å². The molecule has 0 saturated carbocycles. The normalized spacial score (nSPS) is 22.7. The van der Waals surface area contributed by atoms with Crippen molar-refractivity contribution in [1.82, 2.24) is 4.90 Å². The van der Waals surface area contributed by atoms with E-state index in [4.69, 9.17) is 9.47 Å². The van der Waals surface area contributed by atoms with E-state index in [1.807, 2.05) is 6.07 Å². The molecule has 1 saturated heterocycles. The molecule has 1 fully saturated rings. The van der Waals surface area contributed by atoms with Crippen molar-refractivity contribution in [1.29, 1.82) is 0 Å². The Labute approximate surface area is 185 Å². The topological polar surface area (TPSA) is 122 Å². The number of aliphatic hydroxyl groups excluding tert-OH is 1. The number of aliphatic hydroxyl groups is 1. The Bertz CT molecular complexity index is 1050. The highest BCUT2D eigenvalue weighted by molar-refractivity contribution is 6.07. The van der Waals surface area contributed by atoms with Crippen LogP contribution in [0.15, 0.2) is 23.9 Å². The van der Waals surface area contributed by atoms with Crippen molar-refractivity contribution in [3.05, 3.63) is 35.0 Å². The van der Waals surface area contributed by atoms with Gasteiger partial charge in [-0.25, -0.2) is 4.79 Å². The second kappa shape index (κ2) is 7.74. The third-order valence-corrected chi connectivity index (χ3v) is 6.00. The molecule has 0 spiro atoms. The number of carbonyl (C=O) groups is 4. The number of hydrogen-bond acceptors (Lipinski definition) is 7. The molecule has 4 rings (SSSR count). The van der Waals surface area contributed by atoms with E-state index in [9.17, 15) is 24.3 Å². The van der Waals surface area contributed by atoms with Crippen LogP contribution in [-0.4, -0.2) is 52.7 Å². The number of benzene rings is 1. The molecule has 1 aromatic rings. The van der Waals surface area contributed by atoms with Gasteiger partial charge in [-0.2, -0.15) is 0 Å². The molecule has 2 amide bonds. The number of fused-ring (bicyclic) bond motifs is 2. The van der Waals surface area contributed by atoms with Gasteiger partial charge in [-0.05, 0) is 56.9 Å². The highest BCUT2D eigenvalue weighted by Crippen LogP contribution is 2.47. The minimum Gasteiger partial charge on any atom is -0.427 e. The number of esters is 2. The van der Waals surface area contributed by atoms with E-state index in [0.29, 0.717) is 29.7 Å². The summed E-state index contributed by atoms with van der Waals surface area (Å²) < 4.78 is 10.2. The van der Waals surface area contributed by atoms with E-state index in [0.717, 1.165) is 5.56 Å². The molecule has 3 heterocycles. The van der Waals surface area contributed by atoms with E-state index in [1.54, 1.807) is 39.8 Å². The Hall–Kier alpha value is -3.20. The van der Waals surface area contributed by atoms with Gasteiger partial charge in [-0.3, -0.25) is 14.4 Å². The van der Waals surface area contributed by atoms with Crippen molar-refractivity contribution in [3.63, 3.8) is 0 Å². The average molecular weight is 442 g/mol. The number of nitrogens with one attached hydrogen (secondary N) is 1. The largest absolute Gasteiger partial charge is 0.427 e. The summed E-state index contributed by atoms with van der Waals surface area (Å²) in [5.74, 6) is -2.37. The fourth-order valence-electron chi connectivity index (χ4n) is 4.34. The van der Waals surface area contributed by atoms with Crippen molar-refractivity contribution < 1.29 is 33.8 Å². The number of hydrogen-bond donors (Lipinski definition) is 2. The van der Waals surface area contributed by atoms with Gasteiger partial charge >= 0.3 is 11.9 Å². The highest BCUT2D eigenvalue weighted by atomic mass is 16.7. The van der Waals surface area contributed by atoms with Crippen LogP contribution in [0, 0.1) is 11.3 Å². The Kier molecular flexibility index (Phi) is 5.32. The third-order valence-electron chi connectivity index (χ3n) is 6.00. The van der Waals surface area contributed by atoms with Crippen LogP contribution in [0.25, 0.3) is 5.57 Å². The summed E-state index contributed by atoms with van der Waals surface area (Å²) in [7, 11) is 0. The Morgan fingerprint density at radius 1 is 1.25 bits per heavy atom. The van der Waals surface area contributed by atoms with E-state index in [2.05, 4.69) is 5.32 Å². The molecule has 3 aliphatic rings. The maximum atomic E-state index is 13.0. The van der Waals surface area contributed by atoms with E-state index in [-0.39, 0.29) is 23.6 Å². The first kappa shape index (κ1) is 22.0. The van der Waals surface area contributed by atoms with E-state index >= 15 is 0 Å². The smallest absolute Gasteiger partial charge is 0.358 e. The Morgan fingerprint density at radius 3 is 2.62 bits per heavy atom. The molecule has 0 aromatic heterocycles. The summed E-state index contributed by atoms with van der Waals surface area (Å²) in [5, 5.41) is 12.8. The quantitative estimate of drug-likeness (QED) is 0.403. The minimum atomic E-state index is -0.854. The van der Waals surface area contributed by atoms with Gasteiger partial charge < -0.3 is 24.8 Å². The molecule has 170 valence electrons. The molecule has 0 bridgehead atoms. The molecule has 0 unspecified atom stereocenters. The maximum Gasteiger partial charge on any atom is 0.358 e. The zero-order chi connectivity index (χ0) is 23.4. The molecular formula is C23H26N2O7. The first-order valence-electron chi connectivity index (χ1n) is 10.5. The Morgan fingerprint density at radius 2 is 1.97 bits per heavy atom. The van der Waals surface area contributed by atoms with E-state index < -0.39 is 36.2 Å². The number of carbonyl (C=O) groups excluding carboxylic acids is 4. The molecule has 32 heavy (non-hydrogen) atoms. The summed E-state index contributed by atoms with van der Waals surface area (Å²) >= 11 is 0. The van der Waals surface area contributed by atoms with Gasteiger partial charge in [0.25, 0.3) is 0 Å². The van der Waals surface area contributed by atoms with Crippen molar-refractivity contribution in [2.75, 3.05) is 12.1 Å².